The Bertz CT molecular complexity index is 579. The Balaban J connectivity index is 2.36. The van der Waals surface area contributed by atoms with E-state index in [0.717, 1.165) is 26.1 Å². The van der Waals surface area contributed by atoms with Crippen molar-refractivity contribution < 1.29 is 0 Å². The van der Waals surface area contributed by atoms with Gasteiger partial charge in [0.2, 0.25) is 0 Å². The van der Waals surface area contributed by atoms with Crippen molar-refractivity contribution in [3.05, 3.63) is 38.4 Å². The van der Waals surface area contributed by atoms with E-state index in [0.29, 0.717) is 10.9 Å². The highest BCUT2D eigenvalue weighted by Crippen LogP contribution is 2.42. The Labute approximate surface area is 112 Å². The van der Waals surface area contributed by atoms with Crippen LogP contribution in [0.2, 0.25) is 10.0 Å². The van der Waals surface area contributed by atoms with Crippen molar-refractivity contribution in [2.75, 3.05) is 0 Å². The molecule has 1 heterocycles. The minimum absolute atomic E-state index is 0.581. The van der Waals surface area contributed by atoms with Crippen LogP contribution in [0, 0.1) is 0 Å². The summed E-state index contributed by atoms with van der Waals surface area (Å²) in [5.41, 5.74) is 1.86. The smallest absolute Gasteiger partial charge is 0.0917 e. The Morgan fingerprint density at radius 3 is 2.62 bits per heavy atom. The standard InChI is InChI=1S/C12H8BrCl2N/c13-7-3-4-8(14)12-11(7)9(15)5-10(16-12)6-1-2-6/h3-6H,1-2H2. The van der Waals surface area contributed by atoms with Crippen LogP contribution in [0.15, 0.2) is 22.7 Å². The van der Waals surface area contributed by atoms with Gasteiger partial charge in [-0.05, 0) is 31.0 Å². The Morgan fingerprint density at radius 1 is 1.19 bits per heavy atom. The third-order valence-electron chi connectivity index (χ3n) is 2.83. The summed E-state index contributed by atoms with van der Waals surface area (Å²) in [7, 11) is 0. The number of fused-ring (bicyclic) bond motifs is 1. The van der Waals surface area contributed by atoms with E-state index in [1.807, 2.05) is 18.2 Å². The fraction of sp³-hybridized carbons (Fsp3) is 0.250. The molecule has 0 saturated heterocycles. The molecule has 1 fully saturated rings. The van der Waals surface area contributed by atoms with Crippen LogP contribution in [0.1, 0.15) is 24.5 Å². The molecule has 0 unspecified atom stereocenters. The van der Waals surface area contributed by atoms with Crippen molar-refractivity contribution in [3.63, 3.8) is 0 Å². The van der Waals surface area contributed by atoms with Gasteiger partial charge in [0.25, 0.3) is 0 Å². The van der Waals surface area contributed by atoms with Crippen molar-refractivity contribution in [3.8, 4) is 0 Å². The highest BCUT2D eigenvalue weighted by Gasteiger charge is 2.26. The molecule has 4 heteroatoms. The van der Waals surface area contributed by atoms with Gasteiger partial charge in [-0.25, -0.2) is 0 Å². The summed E-state index contributed by atoms with van der Waals surface area (Å²) < 4.78 is 0.937. The Morgan fingerprint density at radius 2 is 1.94 bits per heavy atom. The lowest BCUT2D eigenvalue weighted by Crippen LogP contribution is -1.90. The minimum Gasteiger partial charge on any atom is -0.251 e. The van der Waals surface area contributed by atoms with Crippen LogP contribution in [0.5, 0.6) is 0 Å². The molecule has 0 aliphatic heterocycles. The lowest BCUT2D eigenvalue weighted by Gasteiger charge is -2.07. The molecule has 0 spiro atoms. The molecular formula is C12H8BrCl2N. The van der Waals surface area contributed by atoms with Crippen LogP contribution in [0.25, 0.3) is 10.9 Å². The quantitative estimate of drug-likeness (QED) is 0.706. The SMILES string of the molecule is Clc1ccc(Br)c2c(Cl)cc(C3CC3)nc12. The highest BCUT2D eigenvalue weighted by molar-refractivity contribution is 9.10. The average molecular weight is 317 g/mol. The van der Waals surface area contributed by atoms with Gasteiger partial charge in [0, 0.05) is 21.5 Å². The Hall–Kier alpha value is -0.310. The van der Waals surface area contributed by atoms with E-state index in [-0.39, 0.29) is 0 Å². The lowest BCUT2D eigenvalue weighted by molar-refractivity contribution is 1.04. The third-order valence-corrected chi connectivity index (χ3v) is 4.09. The molecule has 0 bridgehead atoms. The van der Waals surface area contributed by atoms with Gasteiger partial charge in [-0.2, -0.15) is 0 Å². The van der Waals surface area contributed by atoms with Crippen LogP contribution < -0.4 is 0 Å². The molecule has 0 radical (unpaired) electrons. The maximum absolute atomic E-state index is 6.28. The summed E-state index contributed by atoms with van der Waals surface area (Å²) in [5.74, 6) is 0.581. The maximum atomic E-state index is 6.28. The number of rotatable bonds is 1. The average Bonchev–Trinajstić information content (AvgIpc) is 3.06. The summed E-state index contributed by atoms with van der Waals surface area (Å²) >= 11 is 15.9. The molecule has 82 valence electrons. The molecule has 1 aliphatic rings. The van der Waals surface area contributed by atoms with E-state index < -0.39 is 0 Å². The lowest BCUT2D eigenvalue weighted by atomic mass is 10.1. The minimum atomic E-state index is 0.581. The summed E-state index contributed by atoms with van der Waals surface area (Å²) in [5, 5.41) is 2.28. The highest BCUT2D eigenvalue weighted by atomic mass is 79.9. The molecule has 16 heavy (non-hydrogen) atoms. The second-order valence-corrected chi connectivity index (χ2v) is 5.72. The first-order valence-electron chi connectivity index (χ1n) is 5.11. The van der Waals surface area contributed by atoms with E-state index in [2.05, 4.69) is 20.9 Å². The topological polar surface area (TPSA) is 12.9 Å². The molecule has 1 saturated carbocycles. The van der Waals surface area contributed by atoms with Gasteiger partial charge in [-0.15, -0.1) is 0 Å². The Kier molecular flexibility index (Phi) is 2.61. The number of hydrogen-bond donors (Lipinski definition) is 0. The first-order valence-corrected chi connectivity index (χ1v) is 6.66. The number of pyridine rings is 1. The van der Waals surface area contributed by atoms with Crippen molar-refractivity contribution in [1.82, 2.24) is 4.98 Å². The molecule has 1 aliphatic carbocycles. The largest absolute Gasteiger partial charge is 0.251 e. The van der Waals surface area contributed by atoms with Gasteiger partial charge in [0.1, 0.15) is 0 Å². The van der Waals surface area contributed by atoms with E-state index in [9.17, 15) is 0 Å². The summed E-state index contributed by atoms with van der Waals surface area (Å²) in [6, 6.07) is 5.70. The predicted molar refractivity (Wildman–Crippen MR) is 71.4 cm³/mol. The van der Waals surface area contributed by atoms with E-state index >= 15 is 0 Å². The van der Waals surface area contributed by atoms with E-state index in [1.54, 1.807) is 0 Å². The zero-order valence-corrected chi connectivity index (χ0v) is 11.4. The van der Waals surface area contributed by atoms with Crippen molar-refractivity contribution in [1.29, 1.82) is 0 Å². The molecule has 0 amide bonds. The fourth-order valence-electron chi connectivity index (χ4n) is 1.83. The number of benzene rings is 1. The van der Waals surface area contributed by atoms with Crippen LogP contribution in [0.4, 0.5) is 0 Å². The van der Waals surface area contributed by atoms with Gasteiger partial charge >= 0.3 is 0 Å². The summed E-state index contributed by atoms with van der Waals surface area (Å²) in [6.45, 7) is 0. The first kappa shape index (κ1) is 10.8. The molecule has 1 aromatic heterocycles. The van der Waals surface area contributed by atoms with Gasteiger partial charge in [-0.1, -0.05) is 39.1 Å². The van der Waals surface area contributed by atoms with Crippen LogP contribution >= 0.6 is 39.1 Å². The predicted octanol–water partition coefficient (Wildman–Crippen LogP) is 5.18. The fourth-order valence-corrected chi connectivity index (χ4v) is 2.98. The number of halogens is 3. The van der Waals surface area contributed by atoms with Crippen LogP contribution in [-0.4, -0.2) is 4.98 Å². The number of aromatic nitrogens is 1. The van der Waals surface area contributed by atoms with Crippen molar-refractivity contribution in [2.45, 2.75) is 18.8 Å². The van der Waals surface area contributed by atoms with E-state index in [4.69, 9.17) is 23.2 Å². The second kappa shape index (κ2) is 3.86. The van der Waals surface area contributed by atoms with Gasteiger partial charge in [-0.3, -0.25) is 4.98 Å². The van der Waals surface area contributed by atoms with E-state index in [1.165, 1.54) is 12.8 Å². The van der Waals surface area contributed by atoms with Crippen molar-refractivity contribution >= 4 is 50.0 Å². The van der Waals surface area contributed by atoms with Gasteiger partial charge < -0.3 is 0 Å². The van der Waals surface area contributed by atoms with Crippen molar-refractivity contribution in [2.24, 2.45) is 0 Å². The normalized spacial score (nSPS) is 15.7. The zero-order valence-electron chi connectivity index (χ0n) is 8.30. The first-order chi connectivity index (χ1) is 7.66. The monoisotopic (exact) mass is 315 g/mol. The zero-order chi connectivity index (χ0) is 11.3. The molecule has 0 atom stereocenters. The second-order valence-electron chi connectivity index (χ2n) is 4.06. The third kappa shape index (κ3) is 1.73. The van der Waals surface area contributed by atoms with Gasteiger partial charge in [0.15, 0.2) is 0 Å². The summed E-state index contributed by atoms with van der Waals surface area (Å²) in [4.78, 5) is 4.61. The molecule has 1 nitrogen and oxygen atoms in total. The maximum Gasteiger partial charge on any atom is 0.0917 e. The van der Waals surface area contributed by atoms with Gasteiger partial charge in [0.05, 0.1) is 15.6 Å². The van der Waals surface area contributed by atoms with Crippen LogP contribution in [0.3, 0.4) is 0 Å². The molecule has 1 aromatic carbocycles. The molecule has 2 aromatic rings. The molecule has 0 N–H and O–H groups in total. The number of nitrogens with zero attached hydrogens (tertiary/aromatic N) is 1. The molecule has 3 rings (SSSR count). The summed E-state index contributed by atoms with van der Waals surface area (Å²) in [6.07, 6.45) is 2.42. The van der Waals surface area contributed by atoms with Crippen LogP contribution in [-0.2, 0) is 0 Å². The molecular weight excluding hydrogens is 309 g/mol. The number of hydrogen-bond acceptors (Lipinski definition) is 1.